The highest BCUT2D eigenvalue weighted by Crippen LogP contribution is 2.38. The molecule has 0 aliphatic heterocycles. The highest BCUT2D eigenvalue weighted by molar-refractivity contribution is 6.30. The number of hydrogen-bond acceptors (Lipinski definition) is 1. The summed E-state index contributed by atoms with van der Waals surface area (Å²) in [4.78, 5) is 0. The predicted molar refractivity (Wildman–Crippen MR) is 71.6 cm³/mol. The van der Waals surface area contributed by atoms with Crippen LogP contribution in [0.1, 0.15) is 31.2 Å². The van der Waals surface area contributed by atoms with E-state index in [0.717, 1.165) is 17.7 Å². The number of alkyl halides is 3. The quantitative estimate of drug-likeness (QED) is 0.791. The van der Waals surface area contributed by atoms with Crippen LogP contribution in [-0.4, -0.2) is 12.2 Å². The van der Waals surface area contributed by atoms with Crippen molar-refractivity contribution >= 4 is 17.3 Å². The summed E-state index contributed by atoms with van der Waals surface area (Å²) in [6, 6.07) is 5.29. The van der Waals surface area contributed by atoms with Crippen molar-refractivity contribution in [1.29, 1.82) is 0 Å². The van der Waals surface area contributed by atoms with Crippen LogP contribution in [0.3, 0.4) is 0 Å². The molecule has 0 bridgehead atoms. The Morgan fingerprint density at radius 2 is 2.00 bits per heavy atom. The largest absolute Gasteiger partial charge is 0.391 e. The minimum absolute atomic E-state index is 0.127. The summed E-state index contributed by atoms with van der Waals surface area (Å²) in [7, 11) is 0. The van der Waals surface area contributed by atoms with Crippen LogP contribution in [0.4, 0.5) is 18.9 Å². The average molecular weight is 292 g/mol. The molecular formula is C14H17ClF3N. The van der Waals surface area contributed by atoms with Crippen LogP contribution >= 0.6 is 11.6 Å². The lowest BCUT2D eigenvalue weighted by molar-refractivity contribution is -0.182. The third-order valence-corrected chi connectivity index (χ3v) is 3.93. The second-order valence-corrected chi connectivity index (χ2v) is 5.64. The van der Waals surface area contributed by atoms with Crippen molar-refractivity contribution in [3.8, 4) is 0 Å². The molecule has 1 aromatic carbocycles. The van der Waals surface area contributed by atoms with Crippen LogP contribution in [0.2, 0.25) is 5.02 Å². The first-order chi connectivity index (χ1) is 8.86. The highest BCUT2D eigenvalue weighted by atomic mass is 35.5. The van der Waals surface area contributed by atoms with Crippen molar-refractivity contribution in [3.63, 3.8) is 0 Å². The normalized spacial score (nSPS) is 24.3. The van der Waals surface area contributed by atoms with E-state index in [1.807, 2.05) is 13.0 Å². The third-order valence-electron chi connectivity index (χ3n) is 3.70. The van der Waals surface area contributed by atoms with Crippen LogP contribution in [0.15, 0.2) is 18.2 Å². The summed E-state index contributed by atoms with van der Waals surface area (Å²) in [6.45, 7) is 1.92. The van der Waals surface area contributed by atoms with Crippen molar-refractivity contribution in [1.82, 2.24) is 0 Å². The van der Waals surface area contributed by atoms with E-state index in [1.165, 1.54) is 0 Å². The Bertz CT molecular complexity index is 445. The molecule has 1 fully saturated rings. The Morgan fingerprint density at radius 1 is 1.26 bits per heavy atom. The lowest BCUT2D eigenvalue weighted by Crippen LogP contribution is -2.34. The lowest BCUT2D eigenvalue weighted by Gasteiger charge is -2.32. The van der Waals surface area contributed by atoms with Crippen molar-refractivity contribution in [3.05, 3.63) is 28.8 Å². The van der Waals surface area contributed by atoms with Gasteiger partial charge < -0.3 is 5.32 Å². The SMILES string of the molecule is Cc1ccc(Cl)cc1NC1CCCC(C(F)(F)F)C1. The molecule has 0 heterocycles. The zero-order chi connectivity index (χ0) is 14.0. The van der Waals surface area contributed by atoms with E-state index in [2.05, 4.69) is 5.32 Å². The van der Waals surface area contributed by atoms with Crippen LogP contribution < -0.4 is 5.32 Å². The molecular weight excluding hydrogens is 275 g/mol. The Hall–Kier alpha value is -0.900. The molecule has 2 atom stereocenters. The third kappa shape index (κ3) is 3.78. The second-order valence-electron chi connectivity index (χ2n) is 5.21. The summed E-state index contributed by atoms with van der Waals surface area (Å²) in [5, 5.41) is 3.80. The van der Waals surface area contributed by atoms with E-state index in [1.54, 1.807) is 12.1 Å². The fraction of sp³-hybridized carbons (Fsp3) is 0.571. The smallest absolute Gasteiger partial charge is 0.382 e. The molecule has 1 aliphatic carbocycles. The molecule has 1 nitrogen and oxygen atoms in total. The maximum Gasteiger partial charge on any atom is 0.391 e. The van der Waals surface area contributed by atoms with E-state index in [4.69, 9.17) is 11.6 Å². The van der Waals surface area contributed by atoms with Gasteiger partial charge in [-0.25, -0.2) is 0 Å². The van der Waals surface area contributed by atoms with Gasteiger partial charge in [0.2, 0.25) is 0 Å². The Balaban J connectivity index is 2.05. The summed E-state index contributed by atoms with van der Waals surface area (Å²) in [5.74, 6) is -1.18. The number of hydrogen-bond donors (Lipinski definition) is 1. The zero-order valence-electron chi connectivity index (χ0n) is 10.7. The van der Waals surface area contributed by atoms with Gasteiger partial charge in [-0.15, -0.1) is 0 Å². The molecule has 5 heteroatoms. The van der Waals surface area contributed by atoms with E-state index in [9.17, 15) is 13.2 Å². The topological polar surface area (TPSA) is 12.0 Å². The van der Waals surface area contributed by atoms with Gasteiger partial charge in [-0.2, -0.15) is 13.2 Å². The molecule has 2 rings (SSSR count). The van der Waals surface area contributed by atoms with Crippen molar-refractivity contribution < 1.29 is 13.2 Å². The van der Waals surface area contributed by atoms with E-state index >= 15 is 0 Å². The number of nitrogens with one attached hydrogen (secondary N) is 1. The van der Waals surface area contributed by atoms with Crippen LogP contribution in [0.5, 0.6) is 0 Å². The van der Waals surface area contributed by atoms with Crippen molar-refractivity contribution in [2.45, 2.75) is 44.8 Å². The maximum atomic E-state index is 12.7. The van der Waals surface area contributed by atoms with Gasteiger partial charge in [0.25, 0.3) is 0 Å². The van der Waals surface area contributed by atoms with Crippen LogP contribution in [0, 0.1) is 12.8 Å². The molecule has 106 valence electrons. The van der Waals surface area contributed by atoms with Gasteiger partial charge >= 0.3 is 6.18 Å². The van der Waals surface area contributed by atoms with Gasteiger partial charge in [-0.3, -0.25) is 0 Å². The summed E-state index contributed by atoms with van der Waals surface area (Å²) < 4.78 is 38.2. The standard InChI is InChI=1S/C14H17ClF3N/c1-9-5-6-11(15)8-13(9)19-12-4-2-3-10(7-12)14(16,17)18/h5-6,8,10,12,19H,2-4,7H2,1H3. The second kappa shape index (κ2) is 5.61. The molecule has 1 N–H and O–H groups in total. The van der Waals surface area contributed by atoms with Gasteiger partial charge in [-0.05, 0) is 43.9 Å². The zero-order valence-corrected chi connectivity index (χ0v) is 11.5. The van der Waals surface area contributed by atoms with Gasteiger partial charge in [0.05, 0.1) is 5.92 Å². The van der Waals surface area contributed by atoms with Crippen LogP contribution in [0.25, 0.3) is 0 Å². The summed E-state index contributed by atoms with van der Waals surface area (Å²) >= 11 is 5.92. The highest BCUT2D eigenvalue weighted by Gasteiger charge is 2.42. The molecule has 1 aromatic rings. The van der Waals surface area contributed by atoms with Gasteiger partial charge in [0, 0.05) is 16.8 Å². The van der Waals surface area contributed by atoms with Gasteiger partial charge in [0.1, 0.15) is 0 Å². The fourth-order valence-corrected chi connectivity index (χ4v) is 2.76. The Morgan fingerprint density at radius 3 is 2.68 bits per heavy atom. The molecule has 0 saturated heterocycles. The predicted octanol–water partition coefficient (Wildman–Crippen LogP) is 5.18. The van der Waals surface area contributed by atoms with Gasteiger partial charge in [0.15, 0.2) is 0 Å². The molecule has 0 radical (unpaired) electrons. The number of halogens is 4. The molecule has 2 unspecified atom stereocenters. The molecule has 0 spiro atoms. The number of anilines is 1. The van der Waals surface area contributed by atoms with Crippen molar-refractivity contribution in [2.24, 2.45) is 5.92 Å². The first-order valence-corrected chi connectivity index (χ1v) is 6.83. The fourth-order valence-electron chi connectivity index (χ4n) is 2.59. The summed E-state index contributed by atoms with van der Waals surface area (Å²) in [5.41, 5.74) is 1.83. The molecule has 0 aromatic heterocycles. The monoisotopic (exact) mass is 291 g/mol. The number of benzene rings is 1. The number of aryl methyl sites for hydroxylation is 1. The summed E-state index contributed by atoms with van der Waals surface area (Å²) in [6.07, 6.45) is -2.30. The Kier molecular flexibility index (Phi) is 4.29. The molecule has 0 amide bonds. The number of rotatable bonds is 2. The Labute approximate surface area is 116 Å². The van der Waals surface area contributed by atoms with E-state index < -0.39 is 12.1 Å². The van der Waals surface area contributed by atoms with E-state index in [-0.39, 0.29) is 18.9 Å². The van der Waals surface area contributed by atoms with Gasteiger partial charge in [-0.1, -0.05) is 24.1 Å². The first kappa shape index (κ1) is 14.5. The molecule has 19 heavy (non-hydrogen) atoms. The minimum atomic E-state index is -4.08. The van der Waals surface area contributed by atoms with E-state index in [0.29, 0.717) is 11.4 Å². The molecule has 1 aliphatic rings. The maximum absolute atomic E-state index is 12.7. The first-order valence-electron chi connectivity index (χ1n) is 6.45. The average Bonchev–Trinajstić information content (AvgIpc) is 2.33. The van der Waals surface area contributed by atoms with Crippen LogP contribution in [-0.2, 0) is 0 Å². The van der Waals surface area contributed by atoms with Crippen molar-refractivity contribution in [2.75, 3.05) is 5.32 Å². The lowest BCUT2D eigenvalue weighted by atomic mass is 9.85. The minimum Gasteiger partial charge on any atom is -0.382 e. The molecule has 1 saturated carbocycles.